The summed E-state index contributed by atoms with van der Waals surface area (Å²) in [5.74, 6) is 1.52. The molecule has 174 valence electrons. The minimum absolute atomic E-state index is 0.107. The Morgan fingerprint density at radius 1 is 1.03 bits per heavy atom. The number of rotatable bonds is 6. The van der Waals surface area contributed by atoms with Gasteiger partial charge in [0.15, 0.2) is 0 Å². The van der Waals surface area contributed by atoms with Crippen LogP contribution in [0, 0.1) is 0 Å². The Labute approximate surface area is 199 Å². The molecule has 1 atom stereocenters. The molecule has 0 saturated carbocycles. The lowest BCUT2D eigenvalue weighted by Gasteiger charge is -2.17. The fourth-order valence-electron chi connectivity index (χ4n) is 3.76. The second-order valence-corrected chi connectivity index (χ2v) is 9.30. The number of nitrogens with zero attached hydrogens (tertiary/aromatic N) is 5. The Hall–Kier alpha value is -3.94. The lowest BCUT2D eigenvalue weighted by atomic mass is 9.95. The molecule has 0 spiro atoms. The number of pyridine rings is 1. The highest BCUT2D eigenvalue weighted by molar-refractivity contribution is 6.06. The van der Waals surface area contributed by atoms with Crippen LogP contribution in [0.5, 0.6) is 0 Å². The molecule has 1 aromatic carbocycles. The molecule has 1 amide bonds. The molecule has 4 aromatic rings. The molecule has 4 rings (SSSR count). The third-order valence-electron chi connectivity index (χ3n) is 5.68. The van der Waals surface area contributed by atoms with Gasteiger partial charge in [0.2, 0.25) is 0 Å². The maximum Gasteiger partial charge on any atom is 0.251 e. The summed E-state index contributed by atoms with van der Waals surface area (Å²) in [6, 6.07) is 9.59. The number of aromatic nitrogens is 5. The van der Waals surface area contributed by atoms with Crippen molar-refractivity contribution >= 4 is 22.6 Å². The van der Waals surface area contributed by atoms with E-state index in [1.807, 2.05) is 18.2 Å². The van der Waals surface area contributed by atoms with Gasteiger partial charge in [-0.1, -0.05) is 45.9 Å². The predicted molar refractivity (Wildman–Crippen MR) is 134 cm³/mol. The summed E-state index contributed by atoms with van der Waals surface area (Å²) in [6.45, 7) is 9.01. The van der Waals surface area contributed by atoms with E-state index in [0.717, 1.165) is 39.4 Å². The van der Waals surface area contributed by atoms with Gasteiger partial charge in [-0.25, -0.2) is 19.9 Å². The first-order valence-corrected chi connectivity index (χ1v) is 11.3. The van der Waals surface area contributed by atoms with E-state index in [1.54, 1.807) is 31.7 Å². The molecule has 3 heterocycles. The third-order valence-corrected chi connectivity index (χ3v) is 5.68. The highest BCUT2D eigenvalue weighted by atomic mass is 16.1. The summed E-state index contributed by atoms with van der Waals surface area (Å²) in [7, 11) is 1.63. The Bertz CT molecular complexity index is 1310. The van der Waals surface area contributed by atoms with Gasteiger partial charge in [0, 0.05) is 60.5 Å². The second kappa shape index (κ2) is 9.51. The second-order valence-electron chi connectivity index (χ2n) is 9.30. The summed E-state index contributed by atoms with van der Waals surface area (Å²) in [5, 5.41) is 6.94. The van der Waals surface area contributed by atoms with Gasteiger partial charge in [-0.15, -0.1) is 0 Å². The zero-order valence-corrected chi connectivity index (χ0v) is 20.1. The lowest BCUT2D eigenvalue weighted by molar-refractivity contribution is 0.0964. The van der Waals surface area contributed by atoms with Crippen LogP contribution < -0.4 is 10.6 Å². The van der Waals surface area contributed by atoms with Gasteiger partial charge < -0.3 is 10.6 Å². The number of hydrogen-bond donors (Lipinski definition) is 2. The largest absolute Gasteiger partial charge is 0.369 e. The molecule has 0 aliphatic carbocycles. The van der Waals surface area contributed by atoms with E-state index >= 15 is 0 Å². The van der Waals surface area contributed by atoms with Crippen LogP contribution in [0.15, 0.2) is 55.2 Å². The molecule has 1 unspecified atom stereocenters. The summed E-state index contributed by atoms with van der Waals surface area (Å²) < 4.78 is 0. The van der Waals surface area contributed by atoms with Gasteiger partial charge in [0.1, 0.15) is 18.0 Å². The zero-order valence-electron chi connectivity index (χ0n) is 20.1. The summed E-state index contributed by atoms with van der Waals surface area (Å²) in [6.07, 6.45) is 6.82. The van der Waals surface area contributed by atoms with E-state index in [2.05, 4.69) is 69.3 Å². The first kappa shape index (κ1) is 23.2. The fraction of sp³-hybridized carbons (Fsp3) is 0.308. The van der Waals surface area contributed by atoms with Crippen molar-refractivity contribution in [2.75, 3.05) is 18.9 Å². The topological polar surface area (TPSA) is 106 Å². The van der Waals surface area contributed by atoms with Gasteiger partial charge >= 0.3 is 0 Å². The number of hydrogen-bond acceptors (Lipinski definition) is 7. The fourth-order valence-corrected chi connectivity index (χ4v) is 3.76. The standard InChI is InChI=1S/C26H29N7O/c1-16(18-7-6-8-19-20(24(34)27-5)9-10-28-23(18)19)12-29-22-11-21(32-15-33-22)17-13-30-25(31-14-17)26(2,3)4/h6-11,13-16H,12H2,1-5H3,(H,27,34)(H,29,32,33). The molecule has 0 saturated heterocycles. The van der Waals surface area contributed by atoms with Crippen molar-refractivity contribution in [3.05, 3.63) is 72.2 Å². The molecule has 3 aromatic heterocycles. The molecule has 8 nitrogen and oxygen atoms in total. The van der Waals surface area contributed by atoms with Crippen molar-refractivity contribution in [3.8, 4) is 11.3 Å². The van der Waals surface area contributed by atoms with Crippen LogP contribution in [-0.4, -0.2) is 44.4 Å². The number of anilines is 1. The van der Waals surface area contributed by atoms with E-state index in [0.29, 0.717) is 12.1 Å². The van der Waals surface area contributed by atoms with Gasteiger partial charge in [-0.3, -0.25) is 9.78 Å². The number of benzene rings is 1. The summed E-state index contributed by atoms with van der Waals surface area (Å²) >= 11 is 0. The van der Waals surface area contributed by atoms with E-state index in [-0.39, 0.29) is 17.2 Å². The van der Waals surface area contributed by atoms with Crippen molar-refractivity contribution in [3.63, 3.8) is 0 Å². The summed E-state index contributed by atoms with van der Waals surface area (Å²) in [5.41, 5.74) is 4.01. The molecule has 0 bridgehead atoms. The van der Waals surface area contributed by atoms with Crippen LogP contribution in [0.25, 0.3) is 22.2 Å². The van der Waals surface area contributed by atoms with E-state index in [1.165, 1.54) is 6.33 Å². The number of amides is 1. The van der Waals surface area contributed by atoms with Crippen molar-refractivity contribution in [1.82, 2.24) is 30.2 Å². The first-order valence-electron chi connectivity index (χ1n) is 11.3. The number of carbonyl (C=O) groups is 1. The maximum atomic E-state index is 12.3. The SMILES string of the molecule is CNC(=O)c1ccnc2c(C(C)CNc3cc(-c4cnc(C(C)(C)C)nc4)ncn3)cccc12. The molecule has 8 heteroatoms. The highest BCUT2D eigenvalue weighted by Crippen LogP contribution is 2.27. The van der Waals surface area contributed by atoms with Crippen molar-refractivity contribution in [2.45, 2.75) is 39.0 Å². The van der Waals surface area contributed by atoms with Crippen LogP contribution in [0.4, 0.5) is 5.82 Å². The summed E-state index contributed by atoms with van der Waals surface area (Å²) in [4.78, 5) is 34.6. The quantitative estimate of drug-likeness (QED) is 0.445. The van der Waals surface area contributed by atoms with Crippen LogP contribution >= 0.6 is 0 Å². The normalized spacial score (nSPS) is 12.4. The van der Waals surface area contributed by atoms with Gasteiger partial charge in [0.25, 0.3) is 5.91 Å². The third kappa shape index (κ3) is 4.85. The smallest absolute Gasteiger partial charge is 0.251 e. The van der Waals surface area contributed by atoms with Crippen molar-refractivity contribution in [1.29, 1.82) is 0 Å². The Morgan fingerprint density at radius 2 is 1.79 bits per heavy atom. The Morgan fingerprint density at radius 3 is 2.50 bits per heavy atom. The van der Waals surface area contributed by atoms with Gasteiger partial charge in [0.05, 0.1) is 16.8 Å². The van der Waals surface area contributed by atoms with Crippen molar-refractivity contribution in [2.24, 2.45) is 0 Å². The average Bonchev–Trinajstić information content (AvgIpc) is 2.85. The van der Waals surface area contributed by atoms with E-state index in [9.17, 15) is 4.79 Å². The molecular weight excluding hydrogens is 426 g/mol. The van der Waals surface area contributed by atoms with E-state index in [4.69, 9.17) is 0 Å². The van der Waals surface area contributed by atoms with Crippen LogP contribution in [0.1, 0.15) is 55.4 Å². The van der Waals surface area contributed by atoms with Crippen LogP contribution in [0.2, 0.25) is 0 Å². The lowest BCUT2D eigenvalue weighted by Crippen LogP contribution is -2.18. The number of nitrogens with one attached hydrogen (secondary N) is 2. The predicted octanol–water partition coefficient (Wildman–Crippen LogP) is 4.35. The number of fused-ring (bicyclic) bond motifs is 1. The average molecular weight is 456 g/mol. The van der Waals surface area contributed by atoms with Crippen molar-refractivity contribution < 1.29 is 4.79 Å². The molecule has 0 radical (unpaired) electrons. The first-order chi connectivity index (χ1) is 16.3. The maximum absolute atomic E-state index is 12.3. The van der Waals surface area contributed by atoms with E-state index < -0.39 is 0 Å². The zero-order chi connectivity index (χ0) is 24.3. The van der Waals surface area contributed by atoms with Gasteiger partial charge in [-0.05, 0) is 11.6 Å². The number of para-hydroxylation sites is 1. The Balaban J connectivity index is 1.52. The van der Waals surface area contributed by atoms with Crippen LogP contribution in [0.3, 0.4) is 0 Å². The molecule has 0 fully saturated rings. The van der Waals surface area contributed by atoms with Gasteiger partial charge in [-0.2, -0.15) is 0 Å². The molecule has 34 heavy (non-hydrogen) atoms. The molecule has 2 N–H and O–H groups in total. The minimum Gasteiger partial charge on any atom is -0.369 e. The number of carbonyl (C=O) groups excluding carboxylic acids is 1. The molecule has 0 aliphatic heterocycles. The molecule has 0 aliphatic rings. The monoisotopic (exact) mass is 455 g/mol. The minimum atomic E-state index is -0.122. The van der Waals surface area contributed by atoms with Crippen LogP contribution in [-0.2, 0) is 5.41 Å². The highest BCUT2D eigenvalue weighted by Gasteiger charge is 2.18. The molecular formula is C26H29N7O. The Kier molecular flexibility index (Phi) is 6.49.